The smallest absolute Gasteiger partial charge is 0.476 e. The van der Waals surface area contributed by atoms with Crippen LogP contribution >= 0.6 is 11.3 Å². The third kappa shape index (κ3) is 3.71. The highest BCUT2D eigenvalue weighted by molar-refractivity contribution is 7.12. The molecule has 3 aromatic rings. The Bertz CT molecular complexity index is 990. The van der Waals surface area contributed by atoms with Gasteiger partial charge in [0.25, 0.3) is 5.56 Å². The zero-order valence-electron chi connectivity index (χ0n) is 12.1. The zero-order chi connectivity index (χ0) is 18.2. The van der Waals surface area contributed by atoms with Crippen LogP contribution in [0.5, 0.6) is 5.75 Å². The molecule has 2 heterocycles. The summed E-state index contributed by atoms with van der Waals surface area (Å²) in [6.45, 7) is 0. The van der Waals surface area contributed by atoms with Gasteiger partial charge in [0.15, 0.2) is 5.69 Å². The van der Waals surface area contributed by atoms with Crippen LogP contribution in [0.2, 0.25) is 0 Å². The Kier molecular flexibility index (Phi) is 4.08. The van der Waals surface area contributed by atoms with Crippen molar-refractivity contribution in [3.05, 3.63) is 51.8 Å². The van der Waals surface area contributed by atoms with Gasteiger partial charge >= 0.3 is 12.3 Å². The highest BCUT2D eigenvalue weighted by Crippen LogP contribution is 2.27. The summed E-state index contributed by atoms with van der Waals surface area (Å²) < 4.78 is 41.7. The highest BCUT2D eigenvalue weighted by Gasteiger charge is 2.31. The maximum atomic E-state index is 12.3. The number of aromatic carboxylic acids is 1. The topological polar surface area (TPSA) is 97.2 Å². The van der Waals surface area contributed by atoms with E-state index >= 15 is 0 Å². The summed E-state index contributed by atoms with van der Waals surface area (Å²) in [6.07, 6.45) is -4.83. The Balaban J connectivity index is 1.96. The number of ether oxygens (including phenoxy) is 1. The number of nitrogens with one attached hydrogen (secondary N) is 1. The lowest BCUT2D eigenvalue weighted by Crippen LogP contribution is -2.17. The Hall–Kier alpha value is -3.08. The number of thiazole rings is 1. The summed E-state index contributed by atoms with van der Waals surface area (Å²) in [6, 6.07) is 6.25. The van der Waals surface area contributed by atoms with Crippen LogP contribution in [0.3, 0.4) is 0 Å². The number of carbonyl (C=O) groups is 1. The molecule has 11 heteroatoms. The van der Waals surface area contributed by atoms with Crippen LogP contribution in [-0.4, -0.2) is 32.2 Å². The first-order valence-corrected chi connectivity index (χ1v) is 7.48. The number of hydrogen-bond donors (Lipinski definition) is 2. The van der Waals surface area contributed by atoms with Crippen molar-refractivity contribution < 1.29 is 27.8 Å². The van der Waals surface area contributed by atoms with Crippen molar-refractivity contribution in [2.24, 2.45) is 0 Å². The normalized spacial score (nSPS) is 11.5. The molecule has 0 amide bonds. The van der Waals surface area contributed by atoms with Gasteiger partial charge in [-0.1, -0.05) is 12.1 Å². The maximum Gasteiger partial charge on any atom is 0.573 e. The van der Waals surface area contributed by atoms with E-state index in [4.69, 9.17) is 5.11 Å². The number of benzene rings is 1. The number of hydrogen-bond acceptors (Lipinski definition) is 5. The minimum Gasteiger partial charge on any atom is -0.476 e. The van der Waals surface area contributed by atoms with Crippen LogP contribution in [-0.2, 0) is 0 Å². The van der Waals surface area contributed by atoms with Crippen molar-refractivity contribution in [1.29, 1.82) is 0 Å². The van der Waals surface area contributed by atoms with E-state index in [1.165, 1.54) is 17.5 Å². The van der Waals surface area contributed by atoms with Crippen molar-refractivity contribution in [1.82, 2.24) is 14.8 Å². The zero-order valence-corrected chi connectivity index (χ0v) is 12.9. The fourth-order valence-electron chi connectivity index (χ4n) is 2.01. The van der Waals surface area contributed by atoms with E-state index in [2.05, 4.69) is 14.8 Å². The molecule has 0 radical (unpaired) electrons. The van der Waals surface area contributed by atoms with E-state index < -0.39 is 23.6 Å². The Labute approximate surface area is 140 Å². The SMILES string of the molecule is O=C(O)c1csc(-n2[nH]c(-c3cccc(OC(F)(F)F)c3)cc2=O)n1. The van der Waals surface area contributed by atoms with E-state index in [0.29, 0.717) is 0 Å². The monoisotopic (exact) mass is 371 g/mol. The Morgan fingerprint density at radius 1 is 1.32 bits per heavy atom. The van der Waals surface area contributed by atoms with Crippen LogP contribution < -0.4 is 10.3 Å². The molecule has 3 rings (SSSR count). The van der Waals surface area contributed by atoms with Gasteiger partial charge in [0, 0.05) is 17.0 Å². The fraction of sp³-hybridized carbons (Fsp3) is 0.0714. The number of aromatic amines is 1. The van der Waals surface area contributed by atoms with Crippen molar-refractivity contribution >= 4 is 17.3 Å². The molecule has 2 aromatic heterocycles. The van der Waals surface area contributed by atoms with Gasteiger partial charge in [0.1, 0.15) is 5.75 Å². The summed E-state index contributed by atoms with van der Waals surface area (Å²) in [7, 11) is 0. The van der Waals surface area contributed by atoms with Gasteiger partial charge in [-0.05, 0) is 12.1 Å². The van der Waals surface area contributed by atoms with Crippen molar-refractivity contribution in [2.75, 3.05) is 0 Å². The molecular weight excluding hydrogens is 363 g/mol. The average Bonchev–Trinajstić information content (AvgIpc) is 3.12. The molecule has 0 saturated carbocycles. The Morgan fingerprint density at radius 3 is 2.72 bits per heavy atom. The first-order valence-electron chi connectivity index (χ1n) is 6.60. The van der Waals surface area contributed by atoms with Gasteiger partial charge in [-0.2, -0.15) is 4.68 Å². The molecule has 0 spiro atoms. The largest absolute Gasteiger partial charge is 0.573 e. The lowest BCUT2D eigenvalue weighted by Gasteiger charge is -2.09. The number of H-pyrrole nitrogens is 1. The van der Waals surface area contributed by atoms with Gasteiger partial charge in [-0.3, -0.25) is 9.89 Å². The predicted octanol–water partition coefficient (Wildman–Crippen LogP) is 2.89. The summed E-state index contributed by atoms with van der Waals surface area (Å²) >= 11 is 0.931. The van der Waals surface area contributed by atoms with E-state index in [0.717, 1.165) is 34.2 Å². The average molecular weight is 371 g/mol. The molecule has 25 heavy (non-hydrogen) atoms. The summed E-state index contributed by atoms with van der Waals surface area (Å²) in [5, 5.41) is 12.9. The number of rotatable bonds is 4. The fourth-order valence-corrected chi connectivity index (χ4v) is 2.77. The number of halogens is 3. The molecule has 0 unspecified atom stereocenters. The van der Waals surface area contributed by atoms with Crippen molar-refractivity contribution in [3.8, 4) is 22.1 Å². The number of nitrogens with zero attached hydrogens (tertiary/aromatic N) is 2. The quantitative estimate of drug-likeness (QED) is 0.735. The molecule has 0 atom stereocenters. The second kappa shape index (κ2) is 6.09. The summed E-state index contributed by atoms with van der Waals surface area (Å²) in [4.78, 5) is 26.7. The lowest BCUT2D eigenvalue weighted by molar-refractivity contribution is -0.274. The molecule has 2 N–H and O–H groups in total. The standard InChI is InChI=1S/C14H8F3N3O4S/c15-14(16,17)24-8-3-1-2-7(4-8)9-5-11(21)20(19-9)13-18-10(6-25-13)12(22)23/h1-6,19H,(H,22,23). The molecule has 0 aliphatic rings. The molecule has 130 valence electrons. The van der Waals surface area contributed by atoms with Crippen LogP contribution in [0, 0.1) is 0 Å². The molecule has 1 aromatic carbocycles. The van der Waals surface area contributed by atoms with Gasteiger partial charge in [-0.15, -0.1) is 24.5 Å². The second-order valence-electron chi connectivity index (χ2n) is 4.74. The molecule has 0 fully saturated rings. The van der Waals surface area contributed by atoms with Crippen LogP contribution in [0.25, 0.3) is 16.4 Å². The maximum absolute atomic E-state index is 12.3. The number of alkyl halides is 3. The van der Waals surface area contributed by atoms with Crippen LogP contribution in [0.1, 0.15) is 10.5 Å². The van der Waals surface area contributed by atoms with Crippen LogP contribution in [0.15, 0.2) is 40.5 Å². The summed E-state index contributed by atoms with van der Waals surface area (Å²) in [5.41, 5.74) is -0.246. The first kappa shape index (κ1) is 16.8. The van der Waals surface area contributed by atoms with E-state index in [1.54, 1.807) is 0 Å². The molecule has 0 aliphatic carbocycles. The minimum absolute atomic E-state index is 0.0938. The molecular formula is C14H8F3N3O4S. The number of carboxylic acid groups (broad SMARTS) is 1. The van der Waals surface area contributed by atoms with Crippen LogP contribution in [0.4, 0.5) is 13.2 Å². The summed E-state index contributed by atoms with van der Waals surface area (Å²) in [5.74, 6) is -1.67. The number of carboxylic acids is 1. The van der Waals surface area contributed by atoms with Gasteiger partial charge in [-0.25, -0.2) is 9.78 Å². The van der Waals surface area contributed by atoms with Gasteiger partial charge < -0.3 is 9.84 Å². The van der Waals surface area contributed by atoms with E-state index in [9.17, 15) is 22.8 Å². The van der Waals surface area contributed by atoms with Crippen molar-refractivity contribution in [3.63, 3.8) is 0 Å². The van der Waals surface area contributed by atoms with E-state index in [-0.39, 0.29) is 22.1 Å². The predicted molar refractivity (Wildman–Crippen MR) is 81.1 cm³/mol. The third-order valence-corrected chi connectivity index (χ3v) is 3.83. The van der Waals surface area contributed by atoms with Crippen molar-refractivity contribution in [2.45, 2.75) is 6.36 Å². The third-order valence-electron chi connectivity index (χ3n) is 3.00. The lowest BCUT2D eigenvalue weighted by atomic mass is 10.1. The van der Waals surface area contributed by atoms with Gasteiger partial charge in [0.05, 0.1) is 5.69 Å². The number of aromatic nitrogens is 3. The highest BCUT2D eigenvalue weighted by atomic mass is 32.1. The van der Waals surface area contributed by atoms with Gasteiger partial charge in [0.2, 0.25) is 5.13 Å². The molecule has 7 nitrogen and oxygen atoms in total. The van der Waals surface area contributed by atoms with E-state index in [1.807, 2.05) is 0 Å². The first-order chi connectivity index (χ1) is 11.7. The Morgan fingerprint density at radius 2 is 2.08 bits per heavy atom. The molecule has 0 saturated heterocycles. The second-order valence-corrected chi connectivity index (χ2v) is 5.58. The minimum atomic E-state index is -4.83. The molecule has 0 bridgehead atoms. The molecule has 0 aliphatic heterocycles.